The summed E-state index contributed by atoms with van der Waals surface area (Å²) in [6.07, 6.45) is 5.65. The van der Waals surface area contributed by atoms with Crippen LogP contribution in [0.15, 0.2) is 77.6 Å². The van der Waals surface area contributed by atoms with Gasteiger partial charge in [0, 0.05) is 41.5 Å². The van der Waals surface area contributed by atoms with E-state index in [1.165, 1.54) is 0 Å². The van der Waals surface area contributed by atoms with Crippen LogP contribution in [-0.2, 0) is 16.1 Å². The van der Waals surface area contributed by atoms with Gasteiger partial charge in [0.2, 0.25) is 5.91 Å². The molecule has 0 radical (unpaired) electrons. The molecule has 0 spiro atoms. The molecule has 5 rings (SSSR count). The molecule has 1 aliphatic carbocycles. The van der Waals surface area contributed by atoms with Crippen molar-refractivity contribution in [2.24, 2.45) is 0 Å². The second kappa shape index (κ2) is 8.96. The minimum absolute atomic E-state index is 0.0921. The van der Waals surface area contributed by atoms with Crippen LogP contribution >= 0.6 is 11.3 Å². The van der Waals surface area contributed by atoms with Crippen LogP contribution in [0.2, 0.25) is 0 Å². The lowest BCUT2D eigenvalue weighted by Crippen LogP contribution is -2.40. The number of anilines is 2. The van der Waals surface area contributed by atoms with E-state index < -0.39 is 0 Å². The van der Waals surface area contributed by atoms with Gasteiger partial charge >= 0.3 is 0 Å². The zero-order valence-electron chi connectivity index (χ0n) is 17.6. The van der Waals surface area contributed by atoms with Crippen molar-refractivity contribution in [1.29, 1.82) is 0 Å². The maximum atomic E-state index is 13.2. The summed E-state index contributed by atoms with van der Waals surface area (Å²) in [6.45, 7) is 0.585. The third-order valence-corrected chi connectivity index (χ3v) is 6.83. The number of benzene rings is 1. The van der Waals surface area contributed by atoms with Gasteiger partial charge in [-0.3, -0.25) is 14.6 Å². The summed E-state index contributed by atoms with van der Waals surface area (Å²) >= 11 is 1.62. The van der Waals surface area contributed by atoms with Crippen LogP contribution in [0.3, 0.4) is 0 Å². The zero-order valence-corrected chi connectivity index (χ0v) is 18.4. The molecule has 1 atom stereocenters. The second-order valence-corrected chi connectivity index (χ2v) is 8.97. The monoisotopic (exact) mass is 444 g/mol. The van der Waals surface area contributed by atoms with Gasteiger partial charge < -0.3 is 15.5 Å². The van der Waals surface area contributed by atoms with Crippen molar-refractivity contribution in [2.75, 3.05) is 16.8 Å². The minimum Gasteiger partial charge on any atom is -0.357 e. The molecular formula is C25H24N4O2S. The number of ketones is 1. The number of pyridine rings is 1. The molecule has 32 heavy (non-hydrogen) atoms. The first kappa shape index (κ1) is 20.5. The van der Waals surface area contributed by atoms with Crippen LogP contribution in [0.4, 0.5) is 11.4 Å². The Bertz CT molecular complexity index is 1160. The van der Waals surface area contributed by atoms with E-state index in [1.54, 1.807) is 23.7 Å². The number of carbonyl (C=O) groups is 2. The third-order valence-electron chi connectivity index (χ3n) is 5.91. The Morgan fingerprint density at radius 2 is 1.97 bits per heavy atom. The number of hydrogen-bond donors (Lipinski definition) is 2. The molecule has 0 saturated heterocycles. The molecular weight excluding hydrogens is 420 g/mol. The summed E-state index contributed by atoms with van der Waals surface area (Å²) in [5.41, 5.74) is 4.61. The van der Waals surface area contributed by atoms with Crippen LogP contribution in [-0.4, -0.2) is 23.2 Å². The molecule has 3 heterocycles. The normalized spacial score (nSPS) is 17.8. The number of allylic oxidation sites excluding steroid dienone is 1. The summed E-state index contributed by atoms with van der Waals surface area (Å²) in [5.74, 6) is 0.0672. The predicted molar refractivity (Wildman–Crippen MR) is 126 cm³/mol. The van der Waals surface area contributed by atoms with Crippen LogP contribution in [0.5, 0.6) is 0 Å². The van der Waals surface area contributed by atoms with Gasteiger partial charge in [0.1, 0.15) is 0 Å². The lowest BCUT2D eigenvalue weighted by Gasteiger charge is -2.34. The number of rotatable bonds is 5. The number of nitrogens with one attached hydrogen (secondary N) is 2. The van der Waals surface area contributed by atoms with E-state index in [1.807, 2.05) is 47.8 Å². The summed E-state index contributed by atoms with van der Waals surface area (Å²) in [6, 6.07) is 15.5. The van der Waals surface area contributed by atoms with Gasteiger partial charge in [0.25, 0.3) is 0 Å². The van der Waals surface area contributed by atoms with Crippen molar-refractivity contribution < 1.29 is 9.59 Å². The molecule has 0 bridgehead atoms. The Kier molecular flexibility index (Phi) is 5.73. The number of amides is 1. The Morgan fingerprint density at radius 1 is 1.12 bits per heavy atom. The number of fused-ring (bicyclic) bond motifs is 1. The number of aromatic nitrogens is 1. The van der Waals surface area contributed by atoms with Crippen LogP contribution in [0.1, 0.15) is 35.7 Å². The first-order valence-corrected chi connectivity index (χ1v) is 11.7. The van der Waals surface area contributed by atoms with Crippen molar-refractivity contribution in [1.82, 2.24) is 10.3 Å². The van der Waals surface area contributed by atoms with E-state index in [2.05, 4.69) is 26.6 Å². The third kappa shape index (κ3) is 4.03. The van der Waals surface area contributed by atoms with Gasteiger partial charge in [-0.1, -0.05) is 18.2 Å². The molecule has 0 unspecified atom stereocenters. The van der Waals surface area contributed by atoms with Crippen molar-refractivity contribution in [3.05, 3.63) is 88.0 Å². The number of hydrogen-bond acceptors (Lipinski definition) is 6. The Morgan fingerprint density at radius 3 is 2.78 bits per heavy atom. The predicted octanol–water partition coefficient (Wildman–Crippen LogP) is 4.44. The lowest BCUT2D eigenvalue weighted by atomic mass is 9.88. The maximum Gasteiger partial charge on any atom is 0.239 e. The van der Waals surface area contributed by atoms with Crippen molar-refractivity contribution in [3.8, 4) is 0 Å². The summed E-state index contributed by atoms with van der Waals surface area (Å²) < 4.78 is 0. The molecule has 162 valence electrons. The van der Waals surface area contributed by atoms with E-state index in [4.69, 9.17) is 0 Å². The molecule has 7 heteroatoms. The van der Waals surface area contributed by atoms with E-state index in [0.29, 0.717) is 13.0 Å². The van der Waals surface area contributed by atoms with E-state index in [9.17, 15) is 9.59 Å². The quantitative estimate of drug-likeness (QED) is 0.609. The molecule has 1 aromatic carbocycles. The molecule has 6 nitrogen and oxygen atoms in total. The Hall–Kier alpha value is -3.45. The van der Waals surface area contributed by atoms with Gasteiger partial charge in [0.15, 0.2) is 5.78 Å². The Balaban J connectivity index is 1.52. The van der Waals surface area contributed by atoms with Crippen LogP contribution in [0, 0.1) is 0 Å². The molecule has 2 N–H and O–H groups in total. The average molecular weight is 445 g/mol. The SMILES string of the molecule is O=C(CN1c2ccccc2NC2=C(C(=O)CCC2)[C@@H]1c1cccs1)NCc1ccncc1. The van der Waals surface area contributed by atoms with Gasteiger partial charge in [-0.2, -0.15) is 0 Å². The van der Waals surface area contributed by atoms with Crippen LogP contribution < -0.4 is 15.5 Å². The van der Waals surface area contributed by atoms with E-state index in [-0.39, 0.29) is 24.3 Å². The number of Topliss-reactive ketones (excluding diaryl/α,β-unsaturated/α-hetero) is 1. The highest BCUT2D eigenvalue weighted by Gasteiger charge is 2.37. The van der Waals surface area contributed by atoms with E-state index in [0.717, 1.165) is 45.9 Å². The zero-order chi connectivity index (χ0) is 21.9. The van der Waals surface area contributed by atoms with Crippen molar-refractivity contribution >= 4 is 34.4 Å². The fraction of sp³-hybridized carbons (Fsp3) is 0.240. The van der Waals surface area contributed by atoms with Crippen molar-refractivity contribution in [2.45, 2.75) is 31.8 Å². The fourth-order valence-corrected chi connectivity index (χ4v) is 5.27. The van der Waals surface area contributed by atoms with E-state index >= 15 is 0 Å². The Labute approximate surface area is 191 Å². The highest BCUT2D eigenvalue weighted by Crippen LogP contribution is 2.45. The smallest absolute Gasteiger partial charge is 0.239 e. The van der Waals surface area contributed by atoms with Gasteiger partial charge in [0.05, 0.1) is 24.0 Å². The molecule has 3 aromatic rings. The molecule has 0 fully saturated rings. The minimum atomic E-state index is -0.291. The standard InChI is InChI=1S/C25H24N4O2S/c30-21-8-3-6-19-24(21)25(22-9-4-14-32-22)29(20-7-2-1-5-18(20)28-19)16-23(31)27-15-17-10-12-26-13-11-17/h1-2,4-5,7,9-14,25,28H,3,6,8,15-16H2,(H,27,31)/t25-/m0/s1. The largest absolute Gasteiger partial charge is 0.357 e. The maximum absolute atomic E-state index is 13.2. The summed E-state index contributed by atoms with van der Waals surface area (Å²) in [4.78, 5) is 33.4. The molecule has 2 aromatic heterocycles. The summed E-state index contributed by atoms with van der Waals surface area (Å²) in [7, 11) is 0. The highest BCUT2D eigenvalue weighted by molar-refractivity contribution is 7.10. The summed E-state index contributed by atoms with van der Waals surface area (Å²) in [5, 5.41) is 8.57. The lowest BCUT2D eigenvalue weighted by molar-refractivity contribution is -0.120. The van der Waals surface area contributed by atoms with Gasteiger partial charge in [-0.05, 0) is 54.1 Å². The van der Waals surface area contributed by atoms with Gasteiger partial charge in [-0.15, -0.1) is 11.3 Å². The second-order valence-electron chi connectivity index (χ2n) is 7.99. The first-order valence-electron chi connectivity index (χ1n) is 10.8. The van der Waals surface area contributed by atoms with Gasteiger partial charge in [-0.25, -0.2) is 0 Å². The topological polar surface area (TPSA) is 74.3 Å². The number of nitrogens with zero attached hydrogens (tertiary/aromatic N) is 2. The molecule has 0 saturated carbocycles. The number of carbonyl (C=O) groups excluding carboxylic acids is 2. The first-order chi connectivity index (χ1) is 15.7. The average Bonchev–Trinajstić information content (AvgIpc) is 3.30. The number of para-hydroxylation sites is 2. The molecule has 1 aliphatic heterocycles. The number of thiophene rings is 1. The molecule has 1 amide bonds. The van der Waals surface area contributed by atoms with Crippen molar-refractivity contribution in [3.63, 3.8) is 0 Å². The molecule has 2 aliphatic rings. The van der Waals surface area contributed by atoms with Crippen LogP contribution in [0.25, 0.3) is 0 Å². The highest BCUT2D eigenvalue weighted by atomic mass is 32.1. The fourth-order valence-electron chi connectivity index (χ4n) is 4.43.